The number of ether oxygens (including phenoxy) is 1. The minimum Gasteiger partial charge on any atom is -0.453 e. The number of carbonyl (C=O) groups is 1. The molecule has 0 saturated carbocycles. The zero-order valence-electron chi connectivity index (χ0n) is 14.7. The Morgan fingerprint density at radius 3 is 2.75 bits per heavy atom. The van der Waals surface area contributed by atoms with Gasteiger partial charge in [0.15, 0.2) is 12.4 Å². The number of esters is 1. The molecule has 0 radical (unpaired) electrons. The van der Waals surface area contributed by atoms with Gasteiger partial charge in [-0.2, -0.15) is 0 Å². The molecule has 0 aliphatic heterocycles. The van der Waals surface area contributed by atoms with Crippen molar-refractivity contribution in [2.45, 2.75) is 6.61 Å². The molecule has 0 amide bonds. The predicted octanol–water partition coefficient (Wildman–Crippen LogP) is 4.79. The Bertz CT molecular complexity index is 1140. The van der Waals surface area contributed by atoms with Crippen molar-refractivity contribution in [1.29, 1.82) is 0 Å². The van der Waals surface area contributed by atoms with E-state index in [1.807, 2.05) is 30.3 Å². The lowest BCUT2D eigenvalue weighted by Gasteiger charge is -2.01. The molecule has 4 rings (SSSR count). The van der Waals surface area contributed by atoms with Crippen LogP contribution in [0.1, 0.15) is 11.5 Å². The monoisotopic (exact) mass is 374 g/mol. The van der Waals surface area contributed by atoms with Crippen LogP contribution in [0.3, 0.4) is 0 Å². The van der Waals surface area contributed by atoms with Crippen LogP contribution in [0.4, 0.5) is 4.39 Å². The van der Waals surface area contributed by atoms with Gasteiger partial charge in [-0.25, -0.2) is 14.2 Å². The summed E-state index contributed by atoms with van der Waals surface area (Å²) in [5, 5.41) is 0.992. The summed E-state index contributed by atoms with van der Waals surface area (Å²) in [6, 6.07) is 15.4. The smallest absolute Gasteiger partial charge is 0.331 e. The van der Waals surface area contributed by atoms with Gasteiger partial charge in [0.2, 0.25) is 5.89 Å². The van der Waals surface area contributed by atoms with Gasteiger partial charge in [0.1, 0.15) is 5.82 Å². The lowest BCUT2D eigenvalue weighted by Crippen LogP contribution is -2.00. The molecule has 4 aromatic rings. The fraction of sp³-hybridized carbons (Fsp3) is 0.0455. The molecule has 6 heteroatoms. The number of rotatable bonds is 5. The summed E-state index contributed by atoms with van der Waals surface area (Å²) in [6.07, 6.45) is 6.22. The number of fused-ring (bicyclic) bond motifs is 1. The van der Waals surface area contributed by atoms with Gasteiger partial charge in [0.05, 0.1) is 11.7 Å². The van der Waals surface area contributed by atoms with Crippen molar-refractivity contribution in [3.05, 3.63) is 90.3 Å². The summed E-state index contributed by atoms with van der Waals surface area (Å²) < 4.78 is 23.7. The molecule has 0 aliphatic rings. The minimum atomic E-state index is -0.519. The lowest BCUT2D eigenvalue weighted by atomic mass is 10.1. The van der Waals surface area contributed by atoms with Crippen molar-refractivity contribution in [2.24, 2.45) is 0 Å². The Balaban J connectivity index is 1.39. The molecule has 138 valence electrons. The molecule has 0 fully saturated rings. The summed E-state index contributed by atoms with van der Waals surface area (Å²) in [4.78, 5) is 20.4. The van der Waals surface area contributed by atoms with Crippen LogP contribution in [0, 0.1) is 5.82 Å². The molecule has 0 saturated heterocycles. The van der Waals surface area contributed by atoms with Crippen molar-refractivity contribution in [3.8, 4) is 11.3 Å². The number of carbonyl (C=O) groups excluding carboxylic acids is 1. The Hall–Kier alpha value is -3.80. The molecule has 2 aromatic carbocycles. The highest BCUT2D eigenvalue weighted by atomic mass is 19.1. The number of hydrogen-bond donors (Lipinski definition) is 0. The predicted molar refractivity (Wildman–Crippen MR) is 102 cm³/mol. The van der Waals surface area contributed by atoms with Gasteiger partial charge in [0.25, 0.3) is 0 Å². The third-order valence-electron chi connectivity index (χ3n) is 4.08. The van der Waals surface area contributed by atoms with E-state index >= 15 is 0 Å². The van der Waals surface area contributed by atoms with Crippen LogP contribution in [0.25, 0.3) is 28.3 Å². The first kappa shape index (κ1) is 17.6. The summed E-state index contributed by atoms with van der Waals surface area (Å²) in [5.41, 5.74) is 2.32. The van der Waals surface area contributed by atoms with Crippen LogP contribution in [-0.4, -0.2) is 15.9 Å². The van der Waals surface area contributed by atoms with Gasteiger partial charge in [-0.15, -0.1) is 0 Å². The number of aromatic nitrogens is 2. The van der Waals surface area contributed by atoms with E-state index in [2.05, 4.69) is 9.97 Å². The Labute approximate surface area is 160 Å². The topological polar surface area (TPSA) is 65.2 Å². The Morgan fingerprint density at radius 2 is 1.89 bits per heavy atom. The highest BCUT2D eigenvalue weighted by Crippen LogP contribution is 2.21. The summed E-state index contributed by atoms with van der Waals surface area (Å²) >= 11 is 0. The number of pyridine rings is 1. The van der Waals surface area contributed by atoms with E-state index in [9.17, 15) is 9.18 Å². The summed E-state index contributed by atoms with van der Waals surface area (Å²) in [6.45, 7) is -0.0991. The normalized spacial score (nSPS) is 11.2. The van der Waals surface area contributed by atoms with Crippen LogP contribution >= 0.6 is 0 Å². The first-order valence-electron chi connectivity index (χ1n) is 8.58. The fourth-order valence-corrected chi connectivity index (χ4v) is 2.73. The number of halogens is 1. The molecule has 0 aliphatic carbocycles. The molecule has 0 unspecified atom stereocenters. The van der Waals surface area contributed by atoms with Crippen molar-refractivity contribution in [2.75, 3.05) is 0 Å². The van der Waals surface area contributed by atoms with Gasteiger partial charge >= 0.3 is 5.97 Å². The van der Waals surface area contributed by atoms with E-state index in [0.717, 1.165) is 16.5 Å². The Kier molecular flexibility index (Phi) is 4.93. The number of para-hydroxylation sites is 1. The minimum absolute atomic E-state index is 0.0991. The lowest BCUT2D eigenvalue weighted by molar-refractivity contribution is -0.139. The molecule has 2 heterocycles. The second-order valence-electron chi connectivity index (χ2n) is 5.99. The maximum absolute atomic E-state index is 13.0. The van der Waals surface area contributed by atoms with Gasteiger partial charge < -0.3 is 9.15 Å². The number of hydrogen-bond acceptors (Lipinski definition) is 5. The molecule has 2 aromatic heterocycles. The molecular formula is C22H15FN2O3. The van der Waals surface area contributed by atoms with Crippen LogP contribution in [0.2, 0.25) is 0 Å². The zero-order chi connectivity index (χ0) is 19.3. The van der Waals surface area contributed by atoms with E-state index < -0.39 is 5.97 Å². The van der Waals surface area contributed by atoms with Crippen molar-refractivity contribution < 1.29 is 18.3 Å². The molecule has 0 bridgehead atoms. The molecule has 0 spiro atoms. The van der Waals surface area contributed by atoms with Gasteiger partial charge in [-0.05, 0) is 36.4 Å². The second kappa shape index (κ2) is 7.84. The van der Waals surface area contributed by atoms with Crippen LogP contribution in [0.5, 0.6) is 0 Å². The molecule has 0 atom stereocenters. The van der Waals surface area contributed by atoms with Crippen LogP contribution in [-0.2, 0) is 16.1 Å². The molecule has 5 nitrogen and oxygen atoms in total. The number of benzene rings is 2. The Morgan fingerprint density at radius 1 is 1.07 bits per heavy atom. The summed E-state index contributed by atoms with van der Waals surface area (Å²) in [5.74, 6) is -0.114. The molecular weight excluding hydrogens is 359 g/mol. The van der Waals surface area contributed by atoms with Crippen molar-refractivity contribution in [3.63, 3.8) is 0 Å². The highest BCUT2D eigenvalue weighted by molar-refractivity contribution is 5.92. The van der Waals surface area contributed by atoms with Crippen molar-refractivity contribution in [1.82, 2.24) is 9.97 Å². The van der Waals surface area contributed by atoms with Crippen LogP contribution in [0.15, 0.2) is 77.5 Å². The largest absolute Gasteiger partial charge is 0.453 e. The van der Waals surface area contributed by atoms with E-state index in [0.29, 0.717) is 11.3 Å². The van der Waals surface area contributed by atoms with E-state index in [1.165, 1.54) is 24.4 Å². The highest BCUT2D eigenvalue weighted by Gasteiger charge is 2.08. The van der Waals surface area contributed by atoms with E-state index in [4.69, 9.17) is 9.15 Å². The number of oxazole rings is 1. The average molecular weight is 374 g/mol. The zero-order valence-corrected chi connectivity index (χ0v) is 14.7. The SMILES string of the molecule is O=C(/C=C/c1cccc2cccnc12)OCc1ncc(-c2ccc(F)cc2)o1. The first-order valence-corrected chi connectivity index (χ1v) is 8.58. The molecule has 0 N–H and O–H groups in total. The van der Waals surface area contributed by atoms with E-state index in [1.54, 1.807) is 24.4 Å². The quantitative estimate of drug-likeness (QED) is 0.371. The fourth-order valence-electron chi connectivity index (χ4n) is 2.73. The first-order chi connectivity index (χ1) is 13.7. The second-order valence-corrected chi connectivity index (χ2v) is 5.99. The third kappa shape index (κ3) is 3.96. The average Bonchev–Trinajstić information content (AvgIpc) is 3.20. The third-order valence-corrected chi connectivity index (χ3v) is 4.08. The van der Waals surface area contributed by atoms with Gasteiger partial charge in [-0.3, -0.25) is 4.98 Å². The van der Waals surface area contributed by atoms with Crippen LogP contribution < -0.4 is 0 Å². The maximum atomic E-state index is 13.0. The molecule has 28 heavy (non-hydrogen) atoms. The maximum Gasteiger partial charge on any atom is 0.331 e. The van der Waals surface area contributed by atoms with Crippen molar-refractivity contribution >= 4 is 22.9 Å². The number of nitrogens with zero attached hydrogens (tertiary/aromatic N) is 2. The standard InChI is InChI=1S/C22H15FN2O3/c23-18-9-6-15(7-10-18)19-13-25-20(28-19)14-27-21(26)11-8-17-4-1-3-16-5-2-12-24-22(16)17/h1-13H,14H2/b11-8+. The summed E-state index contributed by atoms with van der Waals surface area (Å²) in [7, 11) is 0. The van der Waals surface area contributed by atoms with Gasteiger partial charge in [-0.1, -0.05) is 24.3 Å². The van der Waals surface area contributed by atoms with Gasteiger partial charge in [0, 0.05) is 28.8 Å². The van der Waals surface area contributed by atoms with E-state index in [-0.39, 0.29) is 18.3 Å².